The first-order valence-corrected chi connectivity index (χ1v) is 7.43. The lowest BCUT2D eigenvalue weighted by Crippen LogP contribution is -2.41. The molecule has 1 aliphatic rings. The van der Waals surface area contributed by atoms with Gasteiger partial charge in [-0.3, -0.25) is 4.79 Å². The minimum Gasteiger partial charge on any atom is -0.341 e. The highest BCUT2D eigenvalue weighted by molar-refractivity contribution is 5.79. The molecule has 1 fully saturated rings. The molecule has 0 heterocycles. The second kappa shape index (κ2) is 6.98. The summed E-state index contributed by atoms with van der Waals surface area (Å²) in [5.41, 5.74) is 6.67. The zero-order chi connectivity index (χ0) is 15.4. The van der Waals surface area contributed by atoms with Crippen molar-refractivity contribution in [3.05, 3.63) is 35.4 Å². The van der Waals surface area contributed by atoms with Gasteiger partial charge in [0.05, 0.1) is 5.92 Å². The fourth-order valence-corrected chi connectivity index (χ4v) is 2.92. The Hall–Kier alpha value is -1.49. The van der Waals surface area contributed by atoms with Gasteiger partial charge in [-0.2, -0.15) is 0 Å². The van der Waals surface area contributed by atoms with Crippen LogP contribution in [0, 0.1) is 17.6 Å². The van der Waals surface area contributed by atoms with Crippen molar-refractivity contribution in [2.24, 2.45) is 11.7 Å². The van der Waals surface area contributed by atoms with Crippen LogP contribution >= 0.6 is 0 Å². The second-order valence-electron chi connectivity index (χ2n) is 5.85. The molecule has 1 aliphatic carbocycles. The molecule has 1 aromatic rings. The van der Waals surface area contributed by atoms with Gasteiger partial charge < -0.3 is 10.6 Å². The first-order chi connectivity index (χ1) is 9.99. The quantitative estimate of drug-likeness (QED) is 0.872. The fourth-order valence-electron chi connectivity index (χ4n) is 2.92. The van der Waals surface area contributed by atoms with Crippen LogP contribution in [0.2, 0.25) is 0 Å². The summed E-state index contributed by atoms with van der Waals surface area (Å²) in [6.45, 7) is 0.263. The van der Waals surface area contributed by atoms with Crippen LogP contribution in [-0.4, -0.2) is 23.9 Å². The lowest BCUT2D eigenvalue weighted by atomic mass is 9.94. The molecule has 3 nitrogen and oxygen atoms in total. The van der Waals surface area contributed by atoms with Gasteiger partial charge in [-0.05, 0) is 30.5 Å². The number of nitrogens with zero attached hydrogens (tertiary/aromatic N) is 1. The van der Waals surface area contributed by atoms with E-state index in [1.807, 2.05) is 0 Å². The average Bonchev–Trinajstić information content (AvgIpc) is 2.66. The maximum Gasteiger partial charge on any atom is 0.227 e. The Bertz CT molecular complexity index is 507. The molecule has 1 amide bonds. The second-order valence-corrected chi connectivity index (χ2v) is 5.85. The largest absolute Gasteiger partial charge is 0.341 e. The highest BCUT2D eigenvalue weighted by Crippen LogP contribution is 2.24. The van der Waals surface area contributed by atoms with Gasteiger partial charge in [0, 0.05) is 19.6 Å². The van der Waals surface area contributed by atoms with E-state index in [0.29, 0.717) is 5.56 Å². The van der Waals surface area contributed by atoms with Gasteiger partial charge in [-0.1, -0.05) is 25.3 Å². The summed E-state index contributed by atoms with van der Waals surface area (Å²) < 4.78 is 26.1. The number of halogens is 2. The molecule has 2 unspecified atom stereocenters. The Labute approximate surface area is 124 Å². The molecule has 0 aliphatic heterocycles. The molecule has 2 N–H and O–H groups in total. The van der Waals surface area contributed by atoms with Crippen LogP contribution in [-0.2, 0) is 11.3 Å². The van der Waals surface area contributed by atoms with Crippen LogP contribution in [0.1, 0.15) is 37.7 Å². The molecule has 0 aromatic heterocycles. The lowest BCUT2D eigenvalue weighted by Gasteiger charge is -2.26. The average molecular weight is 296 g/mol. The third kappa shape index (κ3) is 4.00. The third-order valence-corrected chi connectivity index (χ3v) is 4.17. The van der Waals surface area contributed by atoms with E-state index in [-0.39, 0.29) is 24.4 Å². The van der Waals surface area contributed by atoms with Crippen molar-refractivity contribution in [1.29, 1.82) is 0 Å². The molecule has 2 rings (SSSR count). The first kappa shape index (κ1) is 15.9. The van der Waals surface area contributed by atoms with Crippen molar-refractivity contribution in [3.63, 3.8) is 0 Å². The van der Waals surface area contributed by atoms with Gasteiger partial charge in [-0.25, -0.2) is 8.78 Å². The summed E-state index contributed by atoms with van der Waals surface area (Å²) in [4.78, 5) is 14.1. The Morgan fingerprint density at radius 2 is 1.95 bits per heavy atom. The number of hydrogen-bond donors (Lipinski definition) is 1. The smallest absolute Gasteiger partial charge is 0.227 e. The minimum absolute atomic E-state index is 0.00543. The van der Waals surface area contributed by atoms with Gasteiger partial charge in [-0.15, -0.1) is 0 Å². The Morgan fingerprint density at radius 3 is 2.67 bits per heavy atom. The summed E-state index contributed by atoms with van der Waals surface area (Å²) in [5.74, 6) is -1.94. The van der Waals surface area contributed by atoms with Gasteiger partial charge in [0.15, 0.2) is 11.6 Å². The van der Waals surface area contributed by atoms with E-state index in [9.17, 15) is 13.6 Å². The standard InChI is InChI=1S/C16H22F2N2O/c1-20(10-11-7-8-13(17)14(18)9-11)16(21)12-5-3-2-4-6-15(12)19/h7-9,12,15H,2-6,10,19H2,1H3. The molecule has 21 heavy (non-hydrogen) atoms. The molecule has 2 atom stereocenters. The Kier molecular flexibility index (Phi) is 5.28. The number of hydrogen-bond acceptors (Lipinski definition) is 2. The van der Waals surface area contributed by atoms with E-state index in [4.69, 9.17) is 5.73 Å². The van der Waals surface area contributed by atoms with Gasteiger partial charge in [0.25, 0.3) is 0 Å². The molecular formula is C16H22F2N2O. The highest BCUT2D eigenvalue weighted by atomic mass is 19.2. The first-order valence-electron chi connectivity index (χ1n) is 7.43. The maximum atomic E-state index is 13.2. The number of carbonyl (C=O) groups is 1. The minimum atomic E-state index is -0.889. The molecule has 5 heteroatoms. The van der Waals surface area contributed by atoms with E-state index in [1.54, 1.807) is 11.9 Å². The van der Waals surface area contributed by atoms with Crippen molar-refractivity contribution in [3.8, 4) is 0 Å². The Balaban J connectivity index is 2.02. The normalized spacial score (nSPS) is 22.7. The van der Waals surface area contributed by atoms with E-state index in [2.05, 4.69) is 0 Å². The topological polar surface area (TPSA) is 46.3 Å². The highest BCUT2D eigenvalue weighted by Gasteiger charge is 2.29. The summed E-state index contributed by atoms with van der Waals surface area (Å²) in [6.07, 6.45) is 4.88. The van der Waals surface area contributed by atoms with Crippen LogP contribution in [0.4, 0.5) is 8.78 Å². The van der Waals surface area contributed by atoms with E-state index < -0.39 is 11.6 Å². The number of benzene rings is 1. The van der Waals surface area contributed by atoms with Crippen molar-refractivity contribution in [2.45, 2.75) is 44.7 Å². The summed E-state index contributed by atoms with van der Waals surface area (Å²) in [5, 5.41) is 0. The molecule has 0 saturated heterocycles. The molecule has 116 valence electrons. The monoisotopic (exact) mass is 296 g/mol. The van der Waals surface area contributed by atoms with Crippen molar-refractivity contribution in [1.82, 2.24) is 4.90 Å². The van der Waals surface area contributed by atoms with Crippen molar-refractivity contribution >= 4 is 5.91 Å². The molecular weight excluding hydrogens is 274 g/mol. The SMILES string of the molecule is CN(Cc1ccc(F)c(F)c1)C(=O)C1CCCCCC1N. The molecule has 0 bridgehead atoms. The van der Waals surface area contributed by atoms with E-state index >= 15 is 0 Å². The maximum absolute atomic E-state index is 13.2. The third-order valence-electron chi connectivity index (χ3n) is 4.17. The van der Waals surface area contributed by atoms with Gasteiger partial charge in [0.1, 0.15) is 0 Å². The zero-order valence-corrected chi connectivity index (χ0v) is 12.3. The molecule has 1 saturated carbocycles. The van der Waals surface area contributed by atoms with Crippen LogP contribution < -0.4 is 5.73 Å². The predicted molar refractivity (Wildman–Crippen MR) is 77.4 cm³/mol. The van der Waals surface area contributed by atoms with E-state index in [1.165, 1.54) is 6.07 Å². The molecule has 0 spiro atoms. The van der Waals surface area contributed by atoms with Gasteiger partial charge in [0.2, 0.25) is 5.91 Å². The number of rotatable bonds is 3. The van der Waals surface area contributed by atoms with Crippen molar-refractivity contribution in [2.75, 3.05) is 7.05 Å². The van der Waals surface area contributed by atoms with Gasteiger partial charge >= 0.3 is 0 Å². The fraction of sp³-hybridized carbons (Fsp3) is 0.562. The predicted octanol–water partition coefficient (Wildman–Crippen LogP) is 2.83. The zero-order valence-electron chi connectivity index (χ0n) is 12.3. The lowest BCUT2D eigenvalue weighted by molar-refractivity contribution is -0.135. The summed E-state index contributed by atoms with van der Waals surface area (Å²) in [6, 6.07) is 3.61. The number of nitrogens with two attached hydrogens (primary N) is 1. The summed E-state index contributed by atoms with van der Waals surface area (Å²) >= 11 is 0. The van der Waals surface area contributed by atoms with Crippen molar-refractivity contribution < 1.29 is 13.6 Å². The van der Waals surface area contributed by atoms with Crippen LogP contribution in [0.25, 0.3) is 0 Å². The molecule has 1 aromatic carbocycles. The summed E-state index contributed by atoms with van der Waals surface area (Å²) in [7, 11) is 1.68. The van der Waals surface area contributed by atoms with Crippen LogP contribution in [0.15, 0.2) is 18.2 Å². The van der Waals surface area contributed by atoms with Crippen LogP contribution in [0.3, 0.4) is 0 Å². The van der Waals surface area contributed by atoms with Crippen LogP contribution in [0.5, 0.6) is 0 Å². The number of amides is 1. The number of carbonyl (C=O) groups excluding carboxylic acids is 1. The Morgan fingerprint density at radius 1 is 1.24 bits per heavy atom. The molecule has 0 radical (unpaired) electrons. The van der Waals surface area contributed by atoms with E-state index in [0.717, 1.165) is 44.2 Å².